The Labute approximate surface area is 115 Å². The predicted molar refractivity (Wildman–Crippen MR) is 80.2 cm³/mol. The van der Waals surface area contributed by atoms with Crippen LogP contribution >= 0.6 is 0 Å². The lowest BCUT2D eigenvalue weighted by Gasteiger charge is -2.25. The number of carbonyl (C=O) groups is 1. The summed E-state index contributed by atoms with van der Waals surface area (Å²) in [6, 6.07) is 7.01. The average Bonchev–Trinajstić information content (AvgIpc) is 2.30. The molecule has 0 bridgehead atoms. The second-order valence-electron chi connectivity index (χ2n) is 5.33. The van der Waals surface area contributed by atoms with Crippen molar-refractivity contribution in [2.45, 2.75) is 19.9 Å². The van der Waals surface area contributed by atoms with Gasteiger partial charge >= 0.3 is 6.03 Å². The number of nitrogens with two attached hydrogens (primary N) is 1. The van der Waals surface area contributed by atoms with Crippen LogP contribution in [0.15, 0.2) is 24.3 Å². The third kappa shape index (κ3) is 5.61. The minimum atomic E-state index is -0.190. The number of amides is 2. The first-order chi connectivity index (χ1) is 8.88. The van der Waals surface area contributed by atoms with Crippen LogP contribution in [0.5, 0.6) is 0 Å². The molecule has 106 valence electrons. The van der Waals surface area contributed by atoms with E-state index in [9.17, 15) is 4.79 Å². The number of hydrogen-bond acceptors (Lipinski definition) is 3. The molecular formula is C14H24N4O. The van der Waals surface area contributed by atoms with Gasteiger partial charge in [-0.1, -0.05) is 13.8 Å². The molecule has 0 saturated heterocycles. The Morgan fingerprint density at radius 3 is 2.32 bits per heavy atom. The molecule has 0 spiro atoms. The maximum Gasteiger partial charge on any atom is 0.319 e. The van der Waals surface area contributed by atoms with Crippen molar-refractivity contribution in [1.82, 2.24) is 10.2 Å². The number of carbonyl (C=O) groups excluding carboxylic acids is 1. The first kappa shape index (κ1) is 15.3. The fourth-order valence-corrected chi connectivity index (χ4v) is 1.72. The molecule has 0 radical (unpaired) electrons. The summed E-state index contributed by atoms with van der Waals surface area (Å²) < 4.78 is 0. The fourth-order valence-electron chi connectivity index (χ4n) is 1.72. The topological polar surface area (TPSA) is 70.4 Å². The minimum Gasteiger partial charge on any atom is -0.399 e. The highest BCUT2D eigenvalue weighted by atomic mass is 16.2. The van der Waals surface area contributed by atoms with Crippen LogP contribution in [0.1, 0.15) is 13.8 Å². The summed E-state index contributed by atoms with van der Waals surface area (Å²) in [4.78, 5) is 14.0. The third-order valence-electron chi connectivity index (χ3n) is 2.85. The molecule has 2 amide bonds. The molecule has 1 rings (SSSR count). The van der Waals surface area contributed by atoms with Crippen LogP contribution in [-0.2, 0) is 0 Å². The lowest BCUT2D eigenvalue weighted by molar-refractivity contribution is 0.236. The molecule has 4 N–H and O–H groups in total. The van der Waals surface area contributed by atoms with Gasteiger partial charge < -0.3 is 21.3 Å². The number of hydrogen-bond donors (Lipinski definition) is 3. The highest BCUT2D eigenvalue weighted by Gasteiger charge is 2.16. The fraction of sp³-hybridized carbons (Fsp3) is 0.500. The van der Waals surface area contributed by atoms with Crippen LogP contribution in [0.2, 0.25) is 0 Å². The molecule has 1 aromatic carbocycles. The molecule has 0 aromatic heterocycles. The molecular weight excluding hydrogens is 240 g/mol. The van der Waals surface area contributed by atoms with Gasteiger partial charge in [0.1, 0.15) is 0 Å². The summed E-state index contributed by atoms with van der Waals surface area (Å²) in [7, 11) is 3.99. The Balaban J connectivity index is 2.55. The zero-order valence-corrected chi connectivity index (χ0v) is 12.1. The summed E-state index contributed by atoms with van der Waals surface area (Å²) in [6.07, 6.45) is 0. The van der Waals surface area contributed by atoms with Gasteiger partial charge in [0.15, 0.2) is 0 Å². The second kappa shape index (κ2) is 6.99. The van der Waals surface area contributed by atoms with E-state index in [1.54, 1.807) is 24.3 Å². The molecule has 0 heterocycles. The molecule has 0 aliphatic heterocycles. The van der Waals surface area contributed by atoms with E-state index in [-0.39, 0.29) is 12.1 Å². The van der Waals surface area contributed by atoms with E-state index in [2.05, 4.69) is 29.4 Å². The Kier molecular flexibility index (Phi) is 5.63. The Bertz CT molecular complexity index is 400. The Morgan fingerprint density at radius 2 is 1.84 bits per heavy atom. The van der Waals surface area contributed by atoms with Crippen LogP contribution in [0.25, 0.3) is 0 Å². The number of nitrogens with zero attached hydrogens (tertiary/aromatic N) is 1. The van der Waals surface area contributed by atoms with Gasteiger partial charge in [-0.15, -0.1) is 0 Å². The highest BCUT2D eigenvalue weighted by molar-refractivity contribution is 5.89. The van der Waals surface area contributed by atoms with Crippen molar-refractivity contribution in [3.05, 3.63) is 24.3 Å². The lowest BCUT2D eigenvalue weighted by Crippen LogP contribution is -2.46. The number of benzene rings is 1. The maximum atomic E-state index is 11.9. The zero-order chi connectivity index (χ0) is 14.4. The number of likely N-dealkylation sites (N-methyl/N-ethyl adjacent to an activating group) is 1. The van der Waals surface area contributed by atoms with Crippen molar-refractivity contribution in [2.24, 2.45) is 5.92 Å². The molecule has 5 heteroatoms. The van der Waals surface area contributed by atoms with Crippen molar-refractivity contribution in [1.29, 1.82) is 0 Å². The summed E-state index contributed by atoms with van der Waals surface area (Å²) in [5.74, 6) is 0.375. The molecule has 19 heavy (non-hydrogen) atoms. The SMILES string of the molecule is CC(C)C(CN(C)C)NC(=O)Nc1ccc(N)cc1. The van der Waals surface area contributed by atoms with Gasteiger partial charge in [0.25, 0.3) is 0 Å². The highest BCUT2D eigenvalue weighted by Crippen LogP contribution is 2.10. The Morgan fingerprint density at radius 1 is 1.26 bits per heavy atom. The van der Waals surface area contributed by atoms with Gasteiger partial charge in [-0.2, -0.15) is 0 Å². The second-order valence-corrected chi connectivity index (χ2v) is 5.33. The molecule has 1 atom stereocenters. The molecule has 0 fully saturated rings. The van der Waals surface area contributed by atoms with Crippen molar-refractivity contribution >= 4 is 17.4 Å². The van der Waals surface area contributed by atoms with Crippen LogP contribution in [-0.4, -0.2) is 37.6 Å². The number of anilines is 2. The van der Waals surface area contributed by atoms with Crippen molar-refractivity contribution < 1.29 is 4.79 Å². The van der Waals surface area contributed by atoms with Crippen LogP contribution in [0.4, 0.5) is 16.2 Å². The van der Waals surface area contributed by atoms with E-state index < -0.39 is 0 Å². The van der Waals surface area contributed by atoms with E-state index in [4.69, 9.17) is 5.73 Å². The first-order valence-electron chi connectivity index (χ1n) is 6.46. The normalized spacial score (nSPS) is 12.5. The van der Waals surface area contributed by atoms with E-state index in [0.717, 1.165) is 12.2 Å². The number of urea groups is 1. The monoisotopic (exact) mass is 264 g/mol. The molecule has 1 unspecified atom stereocenters. The van der Waals surface area contributed by atoms with Crippen molar-refractivity contribution in [2.75, 3.05) is 31.7 Å². The summed E-state index contributed by atoms with van der Waals surface area (Å²) in [5.41, 5.74) is 7.01. The van der Waals surface area contributed by atoms with Crippen LogP contribution in [0.3, 0.4) is 0 Å². The van der Waals surface area contributed by atoms with Gasteiger partial charge in [-0.3, -0.25) is 0 Å². The van der Waals surface area contributed by atoms with E-state index in [1.807, 2.05) is 14.1 Å². The van der Waals surface area contributed by atoms with E-state index in [0.29, 0.717) is 11.6 Å². The molecule has 5 nitrogen and oxygen atoms in total. The van der Waals surface area contributed by atoms with E-state index in [1.165, 1.54) is 0 Å². The van der Waals surface area contributed by atoms with Gasteiger partial charge in [0, 0.05) is 24.0 Å². The van der Waals surface area contributed by atoms with Gasteiger partial charge in [-0.05, 0) is 44.3 Å². The van der Waals surface area contributed by atoms with E-state index >= 15 is 0 Å². The molecule has 0 saturated carbocycles. The first-order valence-corrected chi connectivity index (χ1v) is 6.46. The third-order valence-corrected chi connectivity index (χ3v) is 2.85. The van der Waals surface area contributed by atoms with Gasteiger partial charge in [-0.25, -0.2) is 4.79 Å². The van der Waals surface area contributed by atoms with Crippen molar-refractivity contribution in [3.63, 3.8) is 0 Å². The predicted octanol–water partition coefficient (Wildman–Crippen LogP) is 1.98. The quantitative estimate of drug-likeness (QED) is 0.712. The number of rotatable bonds is 5. The molecule has 0 aliphatic carbocycles. The average molecular weight is 264 g/mol. The standard InChI is InChI=1S/C14H24N4O/c1-10(2)13(9-18(3)4)17-14(19)16-12-7-5-11(15)6-8-12/h5-8,10,13H,9,15H2,1-4H3,(H2,16,17,19). The van der Waals surface area contributed by atoms with Crippen molar-refractivity contribution in [3.8, 4) is 0 Å². The van der Waals surface area contributed by atoms with Crippen LogP contribution in [0, 0.1) is 5.92 Å². The largest absolute Gasteiger partial charge is 0.399 e. The number of nitrogen functional groups attached to an aromatic ring is 1. The summed E-state index contributed by atoms with van der Waals surface area (Å²) >= 11 is 0. The number of nitrogens with one attached hydrogen (secondary N) is 2. The zero-order valence-electron chi connectivity index (χ0n) is 12.1. The smallest absolute Gasteiger partial charge is 0.319 e. The van der Waals surface area contributed by atoms with Crippen LogP contribution < -0.4 is 16.4 Å². The maximum absolute atomic E-state index is 11.9. The molecule has 1 aromatic rings. The molecule has 0 aliphatic rings. The summed E-state index contributed by atoms with van der Waals surface area (Å²) in [6.45, 7) is 5.00. The van der Waals surface area contributed by atoms with Gasteiger partial charge in [0.2, 0.25) is 0 Å². The Hall–Kier alpha value is -1.75. The lowest BCUT2D eigenvalue weighted by atomic mass is 10.0. The van der Waals surface area contributed by atoms with Gasteiger partial charge in [0.05, 0.1) is 0 Å². The minimum absolute atomic E-state index is 0.115. The summed E-state index contributed by atoms with van der Waals surface area (Å²) in [5, 5.41) is 5.79.